The molecule has 144 valence electrons. The Morgan fingerprint density at radius 3 is 2.33 bits per heavy atom. The van der Waals surface area contributed by atoms with Crippen LogP contribution in [-0.2, 0) is 19.1 Å². The molecule has 0 fully saturated rings. The zero-order chi connectivity index (χ0) is 20.3. The summed E-state index contributed by atoms with van der Waals surface area (Å²) in [5.41, 5.74) is 1.07. The van der Waals surface area contributed by atoms with Gasteiger partial charge in [-0.05, 0) is 25.5 Å². The quantitative estimate of drug-likeness (QED) is 0.440. The van der Waals surface area contributed by atoms with Crippen LogP contribution in [0.2, 0.25) is 0 Å². The highest BCUT2D eigenvalue weighted by molar-refractivity contribution is 6.07. The van der Waals surface area contributed by atoms with Gasteiger partial charge in [0.15, 0.2) is 5.75 Å². The van der Waals surface area contributed by atoms with E-state index in [1.54, 1.807) is 19.9 Å². The van der Waals surface area contributed by atoms with E-state index in [0.717, 1.165) is 0 Å². The van der Waals surface area contributed by atoms with Gasteiger partial charge in [-0.3, -0.25) is 19.9 Å². The standard InChI is InChI=1S/C18H20N2O7/c1-9-14(17(21)26-4)16(15(10(2)19-9)18(22)27-5)11-6-7-13(25-3)12(8-11)20(23)24/h6-8,14,16H,1-5H3/t14?,16-/m0/s1. The zero-order valence-corrected chi connectivity index (χ0v) is 15.6. The van der Waals surface area contributed by atoms with Crippen molar-refractivity contribution in [1.82, 2.24) is 0 Å². The number of carbonyl (C=O) groups is 2. The first kappa shape index (κ1) is 20.1. The van der Waals surface area contributed by atoms with E-state index in [9.17, 15) is 19.7 Å². The lowest BCUT2D eigenvalue weighted by molar-refractivity contribution is -0.385. The molecule has 0 saturated heterocycles. The second-order valence-corrected chi connectivity index (χ2v) is 5.91. The molecular weight excluding hydrogens is 356 g/mol. The minimum Gasteiger partial charge on any atom is -0.490 e. The van der Waals surface area contributed by atoms with E-state index in [-0.39, 0.29) is 17.0 Å². The maximum Gasteiger partial charge on any atom is 0.336 e. The maximum absolute atomic E-state index is 12.4. The van der Waals surface area contributed by atoms with Gasteiger partial charge in [0.1, 0.15) is 5.92 Å². The van der Waals surface area contributed by atoms with Crippen molar-refractivity contribution in [2.24, 2.45) is 10.9 Å². The van der Waals surface area contributed by atoms with Crippen molar-refractivity contribution < 1.29 is 28.7 Å². The molecule has 0 amide bonds. The third kappa shape index (κ3) is 3.67. The van der Waals surface area contributed by atoms with Gasteiger partial charge in [0.05, 0.1) is 31.8 Å². The van der Waals surface area contributed by atoms with Crippen molar-refractivity contribution in [1.29, 1.82) is 0 Å². The first-order chi connectivity index (χ1) is 12.8. The number of rotatable bonds is 5. The fourth-order valence-electron chi connectivity index (χ4n) is 3.25. The van der Waals surface area contributed by atoms with Crippen LogP contribution in [-0.4, -0.2) is 43.9 Å². The predicted molar refractivity (Wildman–Crippen MR) is 95.7 cm³/mol. The lowest BCUT2D eigenvalue weighted by atomic mass is 9.75. The highest BCUT2D eigenvalue weighted by atomic mass is 16.6. The number of hydrogen-bond donors (Lipinski definition) is 0. The second kappa shape index (κ2) is 7.98. The van der Waals surface area contributed by atoms with Crippen LogP contribution in [0.4, 0.5) is 5.69 Å². The van der Waals surface area contributed by atoms with Crippen LogP contribution < -0.4 is 4.74 Å². The van der Waals surface area contributed by atoms with Crippen molar-refractivity contribution in [3.63, 3.8) is 0 Å². The minimum atomic E-state index is -0.916. The molecule has 9 nitrogen and oxygen atoms in total. The van der Waals surface area contributed by atoms with E-state index in [1.165, 1.54) is 33.5 Å². The summed E-state index contributed by atoms with van der Waals surface area (Å²) in [6, 6.07) is 4.28. The average molecular weight is 376 g/mol. The number of benzene rings is 1. The number of ether oxygens (including phenoxy) is 3. The van der Waals surface area contributed by atoms with Crippen molar-refractivity contribution in [2.75, 3.05) is 21.3 Å². The van der Waals surface area contributed by atoms with Crippen LogP contribution in [0.25, 0.3) is 0 Å². The second-order valence-electron chi connectivity index (χ2n) is 5.91. The van der Waals surface area contributed by atoms with Crippen molar-refractivity contribution in [2.45, 2.75) is 19.8 Å². The van der Waals surface area contributed by atoms with Crippen LogP contribution in [0.5, 0.6) is 5.75 Å². The Labute approximate surface area is 155 Å². The number of carbonyl (C=O) groups excluding carboxylic acids is 2. The molecule has 1 unspecified atom stereocenters. The number of nitro groups is 1. The van der Waals surface area contributed by atoms with Crippen molar-refractivity contribution in [3.05, 3.63) is 45.1 Å². The molecule has 2 atom stereocenters. The Morgan fingerprint density at radius 1 is 1.15 bits per heavy atom. The first-order valence-electron chi connectivity index (χ1n) is 8.01. The number of aliphatic imine (C=N–C) groups is 1. The molecule has 0 N–H and O–H groups in total. The third-order valence-electron chi connectivity index (χ3n) is 4.45. The van der Waals surface area contributed by atoms with E-state index in [2.05, 4.69) is 4.99 Å². The summed E-state index contributed by atoms with van der Waals surface area (Å²) in [5.74, 6) is -2.96. The molecule has 0 radical (unpaired) electrons. The van der Waals surface area contributed by atoms with Gasteiger partial charge in [-0.2, -0.15) is 0 Å². The van der Waals surface area contributed by atoms with Crippen molar-refractivity contribution >= 4 is 23.3 Å². The van der Waals surface area contributed by atoms with Gasteiger partial charge < -0.3 is 14.2 Å². The molecule has 1 aliphatic heterocycles. The molecule has 9 heteroatoms. The fraction of sp³-hybridized carbons (Fsp3) is 0.389. The average Bonchev–Trinajstić information content (AvgIpc) is 2.65. The van der Waals surface area contributed by atoms with Crippen LogP contribution in [0.1, 0.15) is 25.3 Å². The molecule has 1 aliphatic rings. The number of methoxy groups -OCH3 is 3. The molecular formula is C18H20N2O7. The SMILES string of the molecule is COC(=O)C1=C(C)N=C(C)C(C(=O)OC)[C@@H]1c1ccc(OC)c([N+](=O)[O-])c1. The monoisotopic (exact) mass is 376 g/mol. The van der Waals surface area contributed by atoms with Gasteiger partial charge in [-0.25, -0.2) is 4.79 Å². The Bertz CT molecular complexity index is 857. The zero-order valence-electron chi connectivity index (χ0n) is 15.6. The summed E-state index contributed by atoms with van der Waals surface area (Å²) in [4.78, 5) is 39.9. The molecule has 0 spiro atoms. The summed E-state index contributed by atoms with van der Waals surface area (Å²) < 4.78 is 14.8. The molecule has 0 aliphatic carbocycles. The van der Waals surface area contributed by atoms with Crippen LogP contribution in [0.3, 0.4) is 0 Å². The predicted octanol–water partition coefficient (Wildman–Crippen LogP) is 2.40. The Kier molecular flexibility index (Phi) is 5.94. The third-order valence-corrected chi connectivity index (χ3v) is 4.45. The molecule has 1 aromatic rings. The Balaban J connectivity index is 2.75. The number of allylic oxidation sites excluding steroid dienone is 1. The van der Waals surface area contributed by atoms with Crippen LogP contribution >= 0.6 is 0 Å². The smallest absolute Gasteiger partial charge is 0.336 e. The van der Waals surface area contributed by atoms with Crippen LogP contribution in [0, 0.1) is 16.0 Å². The van der Waals surface area contributed by atoms with Gasteiger partial charge in [-0.1, -0.05) is 6.07 Å². The molecule has 0 bridgehead atoms. The van der Waals surface area contributed by atoms with Gasteiger partial charge in [0.2, 0.25) is 0 Å². The van der Waals surface area contributed by atoms with E-state index in [4.69, 9.17) is 14.2 Å². The molecule has 27 heavy (non-hydrogen) atoms. The molecule has 0 aromatic heterocycles. The molecule has 1 heterocycles. The highest BCUT2D eigenvalue weighted by Crippen LogP contribution is 2.42. The topological polar surface area (TPSA) is 117 Å². The summed E-state index contributed by atoms with van der Waals surface area (Å²) in [5, 5.41) is 11.4. The van der Waals surface area contributed by atoms with E-state index < -0.39 is 28.7 Å². The van der Waals surface area contributed by atoms with Gasteiger partial charge >= 0.3 is 17.6 Å². The number of nitrogens with zero attached hydrogens (tertiary/aromatic N) is 2. The van der Waals surface area contributed by atoms with E-state index in [1.807, 2.05) is 0 Å². The maximum atomic E-state index is 12.4. The largest absolute Gasteiger partial charge is 0.490 e. The molecule has 2 rings (SSSR count). The lowest BCUT2D eigenvalue weighted by Crippen LogP contribution is -2.36. The molecule has 0 saturated carbocycles. The normalized spacial score (nSPS) is 19.2. The molecule has 1 aromatic carbocycles. The van der Waals surface area contributed by atoms with Gasteiger partial charge in [0.25, 0.3) is 0 Å². The first-order valence-corrected chi connectivity index (χ1v) is 8.01. The number of esters is 2. The fourth-order valence-corrected chi connectivity index (χ4v) is 3.25. The van der Waals surface area contributed by atoms with Crippen molar-refractivity contribution in [3.8, 4) is 5.75 Å². The van der Waals surface area contributed by atoms with Crippen LogP contribution in [0.15, 0.2) is 34.5 Å². The Hall–Kier alpha value is -3.23. The summed E-state index contributed by atoms with van der Waals surface area (Å²) in [7, 11) is 3.77. The summed E-state index contributed by atoms with van der Waals surface area (Å²) in [6.07, 6.45) is 0. The van der Waals surface area contributed by atoms with Gasteiger partial charge in [0, 0.05) is 23.4 Å². The summed E-state index contributed by atoms with van der Waals surface area (Å²) in [6.45, 7) is 3.26. The van der Waals surface area contributed by atoms with E-state index in [0.29, 0.717) is 17.0 Å². The minimum absolute atomic E-state index is 0.0693. The number of hydrogen-bond acceptors (Lipinski definition) is 8. The lowest BCUT2D eigenvalue weighted by Gasteiger charge is -2.31. The van der Waals surface area contributed by atoms with Gasteiger partial charge in [-0.15, -0.1) is 0 Å². The summed E-state index contributed by atoms with van der Waals surface area (Å²) >= 11 is 0. The van der Waals surface area contributed by atoms with E-state index >= 15 is 0 Å². The highest BCUT2D eigenvalue weighted by Gasteiger charge is 2.42. The number of nitro benzene ring substituents is 1. The Morgan fingerprint density at radius 2 is 1.81 bits per heavy atom.